The lowest BCUT2D eigenvalue weighted by Crippen LogP contribution is -2.26. The topological polar surface area (TPSA) is 72.4 Å². The monoisotopic (exact) mass is 285 g/mol. The molecule has 1 atom stereocenters. The minimum absolute atomic E-state index is 0.00975. The van der Waals surface area contributed by atoms with Crippen LogP contribution in [-0.2, 0) is 9.59 Å². The van der Waals surface area contributed by atoms with E-state index in [9.17, 15) is 9.59 Å². The molecule has 6 heteroatoms. The third-order valence-corrected chi connectivity index (χ3v) is 3.34. The van der Waals surface area contributed by atoms with E-state index < -0.39 is 0 Å². The van der Waals surface area contributed by atoms with E-state index in [1.165, 1.54) is 0 Å². The molecule has 1 aliphatic heterocycles. The zero-order chi connectivity index (χ0) is 14.8. The van der Waals surface area contributed by atoms with Crippen molar-refractivity contribution >= 4 is 23.2 Å². The Morgan fingerprint density at radius 2 is 2.14 bits per heavy atom. The molecule has 3 rings (SSSR count). The van der Waals surface area contributed by atoms with Gasteiger partial charge in [0.1, 0.15) is 11.8 Å². The zero-order valence-electron chi connectivity index (χ0n) is 11.5. The number of amides is 2. The Morgan fingerprint density at radius 3 is 2.90 bits per heavy atom. The zero-order valence-corrected chi connectivity index (χ0v) is 11.5. The van der Waals surface area contributed by atoms with E-state index in [4.69, 9.17) is 4.74 Å². The number of benzene rings is 1. The average molecular weight is 285 g/mol. The number of nitrogens with zero attached hydrogens (tertiary/aromatic N) is 1. The predicted molar refractivity (Wildman–Crippen MR) is 78.3 cm³/mol. The quantitative estimate of drug-likeness (QED) is 0.906. The first-order chi connectivity index (χ1) is 10.1. The molecule has 1 aromatic heterocycles. The third kappa shape index (κ3) is 2.74. The molecule has 108 valence electrons. The number of ether oxygens (including phenoxy) is 1. The number of hydrogen-bond donors (Lipinski definition) is 2. The fourth-order valence-electron chi connectivity index (χ4n) is 2.14. The second kappa shape index (κ2) is 5.32. The highest BCUT2D eigenvalue weighted by Crippen LogP contribution is 2.30. The molecule has 0 spiro atoms. The molecule has 0 radical (unpaired) electrons. The standard InChI is InChI=1S/C15H15N3O3/c1-10(18-6-2-3-7-18)15(20)16-11-4-5-12-13(8-11)21-9-14(19)17-12/h2-8,10H,9H2,1H3,(H,16,20)(H,17,19)/t10-/m0/s1. The molecule has 1 aromatic carbocycles. The second-order valence-electron chi connectivity index (χ2n) is 4.84. The maximum atomic E-state index is 12.2. The van der Waals surface area contributed by atoms with Crippen LogP contribution in [0.25, 0.3) is 0 Å². The van der Waals surface area contributed by atoms with Crippen molar-refractivity contribution in [2.75, 3.05) is 17.2 Å². The molecule has 2 aromatic rings. The van der Waals surface area contributed by atoms with Gasteiger partial charge >= 0.3 is 0 Å². The molecular weight excluding hydrogens is 270 g/mol. The minimum atomic E-state index is -0.309. The molecule has 0 fully saturated rings. The van der Waals surface area contributed by atoms with Crippen LogP contribution in [0.5, 0.6) is 5.75 Å². The van der Waals surface area contributed by atoms with Crippen LogP contribution in [-0.4, -0.2) is 23.0 Å². The molecule has 0 unspecified atom stereocenters. The molecule has 0 saturated heterocycles. The molecule has 0 bridgehead atoms. The van der Waals surface area contributed by atoms with Crippen molar-refractivity contribution in [3.05, 3.63) is 42.7 Å². The van der Waals surface area contributed by atoms with Gasteiger partial charge in [0.15, 0.2) is 6.61 Å². The van der Waals surface area contributed by atoms with Crippen molar-refractivity contribution in [3.8, 4) is 5.75 Å². The van der Waals surface area contributed by atoms with Gasteiger partial charge in [-0.2, -0.15) is 0 Å². The molecule has 1 aliphatic rings. The van der Waals surface area contributed by atoms with Crippen LogP contribution in [0.4, 0.5) is 11.4 Å². The van der Waals surface area contributed by atoms with Crippen LogP contribution >= 0.6 is 0 Å². The number of nitrogens with one attached hydrogen (secondary N) is 2. The number of rotatable bonds is 3. The molecular formula is C15H15N3O3. The van der Waals surface area contributed by atoms with Gasteiger partial charge in [0, 0.05) is 24.1 Å². The van der Waals surface area contributed by atoms with Crippen LogP contribution in [0.3, 0.4) is 0 Å². The summed E-state index contributed by atoms with van der Waals surface area (Å²) in [5.74, 6) is 0.257. The van der Waals surface area contributed by atoms with E-state index >= 15 is 0 Å². The van der Waals surface area contributed by atoms with Gasteiger partial charge in [-0.05, 0) is 31.2 Å². The minimum Gasteiger partial charge on any atom is -0.482 e. The van der Waals surface area contributed by atoms with Crippen LogP contribution in [0.2, 0.25) is 0 Å². The lowest BCUT2D eigenvalue weighted by atomic mass is 10.2. The molecule has 21 heavy (non-hydrogen) atoms. The SMILES string of the molecule is C[C@@H](C(=O)Nc1ccc2c(c1)OCC(=O)N2)n1cccc1. The highest BCUT2D eigenvalue weighted by Gasteiger charge is 2.18. The Hall–Kier alpha value is -2.76. The first kappa shape index (κ1) is 13.2. The molecule has 2 amide bonds. The molecule has 6 nitrogen and oxygen atoms in total. The summed E-state index contributed by atoms with van der Waals surface area (Å²) in [6.45, 7) is 1.81. The van der Waals surface area contributed by atoms with Gasteiger partial charge in [0.2, 0.25) is 5.91 Å². The lowest BCUT2D eigenvalue weighted by Gasteiger charge is -2.19. The van der Waals surface area contributed by atoms with Crippen molar-refractivity contribution in [3.63, 3.8) is 0 Å². The number of anilines is 2. The number of carbonyl (C=O) groups excluding carboxylic acids is 2. The maximum absolute atomic E-state index is 12.2. The van der Waals surface area contributed by atoms with E-state index in [-0.39, 0.29) is 24.5 Å². The third-order valence-electron chi connectivity index (χ3n) is 3.34. The molecule has 0 aliphatic carbocycles. The number of hydrogen-bond acceptors (Lipinski definition) is 3. The summed E-state index contributed by atoms with van der Waals surface area (Å²) in [5, 5.41) is 5.54. The first-order valence-electron chi connectivity index (χ1n) is 6.63. The van der Waals surface area contributed by atoms with Gasteiger partial charge in [-0.15, -0.1) is 0 Å². The van der Waals surface area contributed by atoms with Crippen LogP contribution < -0.4 is 15.4 Å². The Morgan fingerprint density at radius 1 is 1.38 bits per heavy atom. The van der Waals surface area contributed by atoms with Crippen molar-refractivity contribution in [2.45, 2.75) is 13.0 Å². The lowest BCUT2D eigenvalue weighted by molar-refractivity contribution is -0.119. The average Bonchev–Trinajstić information content (AvgIpc) is 3.00. The number of carbonyl (C=O) groups is 2. The fourth-order valence-corrected chi connectivity index (χ4v) is 2.14. The van der Waals surface area contributed by atoms with Crippen molar-refractivity contribution in [2.24, 2.45) is 0 Å². The molecule has 2 N–H and O–H groups in total. The van der Waals surface area contributed by atoms with Gasteiger partial charge in [-0.25, -0.2) is 0 Å². The summed E-state index contributed by atoms with van der Waals surface area (Å²) in [5.41, 5.74) is 1.25. The smallest absolute Gasteiger partial charge is 0.262 e. The Bertz CT molecular complexity index is 679. The summed E-state index contributed by atoms with van der Waals surface area (Å²) < 4.78 is 7.15. The predicted octanol–water partition coefficient (Wildman–Crippen LogP) is 2.02. The normalized spacial score (nSPS) is 14.6. The van der Waals surface area contributed by atoms with Crippen molar-refractivity contribution in [1.29, 1.82) is 0 Å². The van der Waals surface area contributed by atoms with Gasteiger partial charge in [-0.1, -0.05) is 0 Å². The van der Waals surface area contributed by atoms with Crippen molar-refractivity contribution < 1.29 is 14.3 Å². The number of aromatic nitrogens is 1. The Labute approximate surface area is 121 Å². The summed E-state index contributed by atoms with van der Waals surface area (Å²) >= 11 is 0. The van der Waals surface area contributed by atoms with Gasteiger partial charge in [0.25, 0.3) is 5.91 Å². The maximum Gasteiger partial charge on any atom is 0.262 e. The summed E-state index contributed by atoms with van der Waals surface area (Å²) in [6, 6.07) is 8.58. The highest BCUT2D eigenvalue weighted by atomic mass is 16.5. The fraction of sp³-hybridized carbons (Fsp3) is 0.200. The first-order valence-corrected chi connectivity index (χ1v) is 6.63. The van der Waals surface area contributed by atoms with Crippen LogP contribution in [0.15, 0.2) is 42.7 Å². The van der Waals surface area contributed by atoms with Gasteiger partial charge in [0.05, 0.1) is 5.69 Å². The van der Waals surface area contributed by atoms with Crippen LogP contribution in [0.1, 0.15) is 13.0 Å². The molecule has 2 heterocycles. The van der Waals surface area contributed by atoms with Gasteiger partial charge in [-0.3, -0.25) is 9.59 Å². The summed E-state index contributed by atoms with van der Waals surface area (Å²) in [7, 11) is 0. The highest BCUT2D eigenvalue weighted by molar-refractivity contribution is 5.97. The van der Waals surface area contributed by atoms with Crippen molar-refractivity contribution in [1.82, 2.24) is 4.57 Å². The van der Waals surface area contributed by atoms with E-state index in [1.54, 1.807) is 18.2 Å². The summed E-state index contributed by atoms with van der Waals surface area (Å²) in [6.07, 6.45) is 3.69. The van der Waals surface area contributed by atoms with Crippen LogP contribution in [0, 0.1) is 0 Å². The van der Waals surface area contributed by atoms with Gasteiger partial charge < -0.3 is 19.9 Å². The number of fused-ring (bicyclic) bond motifs is 1. The Balaban J connectivity index is 1.73. The van der Waals surface area contributed by atoms with E-state index in [2.05, 4.69) is 10.6 Å². The Kier molecular flexibility index (Phi) is 3.35. The second-order valence-corrected chi connectivity index (χ2v) is 4.84. The van der Waals surface area contributed by atoms with E-state index in [0.29, 0.717) is 17.1 Å². The van der Waals surface area contributed by atoms with E-state index in [0.717, 1.165) is 0 Å². The molecule has 0 saturated carbocycles. The summed E-state index contributed by atoms with van der Waals surface area (Å²) in [4.78, 5) is 23.4. The van der Waals surface area contributed by atoms with E-state index in [1.807, 2.05) is 36.0 Å². The largest absolute Gasteiger partial charge is 0.482 e.